The Hall–Kier alpha value is -2.44. The molecular formula is C25H36N4O3. The lowest BCUT2D eigenvalue weighted by atomic mass is 9.89. The van der Waals surface area contributed by atoms with Gasteiger partial charge in [0.25, 0.3) is 5.56 Å². The number of nitrogens with one attached hydrogen (secondary N) is 1. The van der Waals surface area contributed by atoms with Crippen LogP contribution < -0.4 is 5.56 Å². The zero-order chi connectivity index (χ0) is 22.7. The number of hydrogen-bond donors (Lipinski definition) is 1. The molecule has 1 aromatic rings. The Bertz CT molecular complexity index is 914. The number of amides is 2. The minimum Gasteiger partial charge on any atom is -0.342 e. The fourth-order valence-electron chi connectivity index (χ4n) is 5.33. The van der Waals surface area contributed by atoms with E-state index in [0.29, 0.717) is 19.6 Å². The quantitative estimate of drug-likeness (QED) is 0.729. The van der Waals surface area contributed by atoms with E-state index in [1.807, 2.05) is 23.6 Å². The third-order valence-corrected chi connectivity index (χ3v) is 7.24. The normalized spacial score (nSPS) is 24.7. The molecule has 0 radical (unpaired) electrons. The highest BCUT2D eigenvalue weighted by Gasteiger charge is 2.31. The highest BCUT2D eigenvalue weighted by molar-refractivity contribution is 5.79. The van der Waals surface area contributed by atoms with Crippen LogP contribution in [0.4, 0.5) is 0 Å². The van der Waals surface area contributed by atoms with E-state index in [-0.39, 0.29) is 41.0 Å². The first-order chi connectivity index (χ1) is 15.4. The van der Waals surface area contributed by atoms with Crippen LogP contribution in [0.15, 0.2) is 23.0 Å². The lowest BCUT2D eigenvalue weighted by Gasteiger charge is -2.35. The number of likely N-dealkylation sites (tertiary alicyclic amines) is 2. The van der Waals surface area contributed by atoms with Crippen molar-refractivity contribution in [3.63, 3.8) is 0 Å². The van der Waals surface area contributed by atoms with Gasteiger partial charge in [-0.15, -0.1) is 0 Å². The van der Waals surface area contributed by atoms with Crippen molar-refractivity contribution in [2.75, 3.05) is 26.2 Å². The second-order valence-electron chi connectivity index (χ2n) is 9.91. The summed E-state index contributed by atoms with van der Waals surface area (Å²) in [5.41, 5.74) is 0.692. The number of aromatic nitrogens is 2. The summed E-state index contributed by atoms with van der Waals surface area (Å²) < 4.78 is 0. The molecule has 4 rings (SSSR count). The van der Waals surface area contributed by atoms with E-state index < -0.39 is 0 Å². The Balaban J connectivity index is 1.43. The lowest BCUT2D eigenvalue weighted by Crippen LogP contribution is -2.43. The molecule has 1 aromatic heterocycles. The lowest BCUT2D eigenvalue weighted by molar-refractivity contribution is -0.137. The van der Waals surface area contributed by atoms with E-state index in [2.05, 4.69) is 17.1 Å². The molecule has 2 aliphatic heterocycles. The molecule has 3 aliphatic rings. The molecule has 7 nitrogen and oxygen atoms in total. The number of nitrogens with zero attached hydrogens (tertiary/aromatic N) is 3. The van der Waals surface area contributed by atoms with Crippen molar-refractivity contribution >= 4 is 11.8 Å². The molecule has 0 unspecified atom stereocenters. The van der Waals surface area contributed by atoms with Crippen molar-refractivity contribution in [2.45, 2.75) is 70.6 Å². The van der Waals surface area contributed by atoms with Crippen LogP contribution in [-0.4, -0.2) is 57.8 Å². The van der Waals surface area contributed by atoms with Crippen LogP contribution in [0.5, 0.6) is 0 Å². The van der Waals surface area contributed by atoms with Gasteiger partial charge in [0.15, 0.2) is 0 Å². The van der Waals surface area contributed by atoms with E-state index in [1.165, 1.54) is 0 Å². The SMILES string of the molecule is CC(C)C(=O)N1CCC(c2nc([C@@H]3CCCN(C(=O)[C@H]4CC=CCC4)C3)cc(=O)[nH]2)CC1. The van der Waals surface area contributed by atoms with Gasteiger partial charge >= 0.3 is 0 Å². The van der Waals surface area contributed by atoms with Gasteiger partial charge in [-0.25, -0.2) is 4.98 Å². The zero-order valence-electron chi connectivity index (χ0n) is 19.4. The molecule has 2 saturated heterocycles. The Morgan fingerprint density at radius 2 is 1.81 bits per heavy atom. The summed E-state index contributed by atoms with van der Waals surface area (Å²) in [4.78, 5) is 49.5. The first kappa shape index (κ1) is 22.7. The standard InChI is InChI=1S/C25H36N4O3/c1-17(2)24(31)28-13-10-18(11-14-28)23-26-21(15-22(30)27-23)20-9-6-12-29(16-20)25(32)19-7-4-3-5-8-19/h3-4,15,17-20H,5-14,16H2,1-2H3,(H,26,27,30)/t19-,20+/m0/s1. The highest BCUT2D eigenvalue weighted by Crippen LogP contribution is 2.30. The monoisotopic (exact) mass is 440 g/mol. The number of hydrogen-bond acceptors (Lipinski definition) is 4. The minimum atomic E-state index is -0.119. The molecule has 174 valence electrons. The molecule has 0 saturated carbocycles. The first-order valence-corrected chi connectivity index (χ1v) is 12.3. The van der Waals surface area contributed by atoms with Crippen LogP contribution in [0.2, 0.25) is 0 Å². The molecular weight excluding hydrogens is 404 g/mol. The molecule has 2 amide bonds. The van der Waals surface area contributed by atoms with Crippen LogP contribution in [0.1, 0.15) is 82.1 Å². The van der Waals surface area contributed by atoms with Crippen LogP contribution >= 0.6 is 0 Å². The first-order valence-electron chi connectivity index (χ1n) is 12.3. The fraction of sp³-hybridized carbons (Fsp3) is 0.680. The van der Waals surface area contributed by atoms with Gasteiger partial charge in [-0.1, -0.05) is 26.0 Å². The number of carbonyl (C=O) groups excluding carboxylic acids is 2. The maximum atomic E-state index is 13.0. The van der Waals surface area contributed by atoms with Gasteiger partial charge in [0.1, 0.15) is 5.82 Å². The predicted molar refractivity (Wildman–Crippen MR) is 123 cm³/mol. The van der Waals surface area contributed by atoms with Crippen LogP contribution in [0.25, 0.3) is 0 Å². The average molecular weight is 441 g/mol. The summed E-state index contributed by atoms with van der Waals surface area (Å²) in [6, 6.07) is 1.61. The maximum Gasteiger partial charge on any atom is 0.251 e. The second-order valence-corrected chi connectivity index (χ2v) is 9.91. The zero-order valence-corrected chi connectivity index (χ0v) is 19.4. The smallest absolute Gasteiger partial charge is 0.251 e. The van der Waals surface area contributed by atoms with Crippen molar-refractivity contribution in [3.8, 4) is 0 Å². The summed E-state index contributed by atoms with van der Waals surface area (Å²) in [6.07, 6.45) is 10.6. The second kappa shape index (κ2) is 10.0. The van der Waals surface area contributed by atoms with E-state index in [9.17, 15) is 14.4 Å². The van der Waals surface area contributed by atoms with Crippen molar-refractivity contribution in [1.82, 2.24) is 19.8 Å². The number of aromatic amines is 1. The van der Waals surface area contributed by atoms with E-state index in [1.54, 1.807) is 6.07 Å². The number of H-pyrrole nitrogens is 1. The van der Waals surface area contributed by atoms with Gasteiger partial charge in [-0.3, -0.25) is 14.4 Å². The van der Waals surface area contributed by atoms with Gasteiger partial charge in [0, 0.05) is 55.9 Å². The summed E-state index contributed by atoms with van der Waals surface area (Å²) in [7, 11) is 0. The third-order valence-electron chi connectivity index (χ3n) is 7.24. The fourth-order valence-corrected chi connectivity index (χ4v) is 5.33. The Labute approximate surface area is 190 Å². The molecule has 1 aliphatic carbocycles. The largest absolute Gasteiger partial charge is 0.342 e. The number of allylic oxidation sites excluding steroid dienone is 2. The molecule has 32 heavy (non-hydrogen) atoms. The molecule has 2 atom stereocenters. The molecule has 2 fully saturated rings. The average Bonchev–Trinajstić information content (AvgIpc) is 2.83. The molecule has 0 aromatic carbocycles. The van der Waals surface area contributed by atoms with Gasteiger partial charge in [-0.05, 0) is 44.9 Å². The summed E-state index contributed by atoms with van der Waals surface area (Å²) in [6.45, 7) is 6.72. The molecule has 1 N–H and O–H groups in total. The van der Waals surface area contributed by atoms with Crippen molar-refractivity contribution in [3.05, 3.63) is 40.1 Å². The van der Waals surface area contributed by atoms with Crippen LogP contribution in [-0.2, 0) is 9.59 Å². The Morgan fingerprint density at radius 1 is 1.03 bits per heavy atom. The maximum absolute atomic E-state index is 13.0. The number of carbonyl (C=O) groups is 2. The van der Waals surface area contributed by atoms with E-state index >= 15 is 0 Å². The third kappa shape index (κ3) is 5.13. The van der Waals surface area contributed by atoms with Gasteiger partial charge in [-0.2, -0.15) is 0 Å². The highest BCUT2D eigenvalue weighted by atomic mass is 16.2. The minimum absolute atomic E-state index is 0.00870. The van der Waals surface area contributed by atoms with Gasteiger partial charge < -0.3 is 14.8 Å². The van der Waals surface area contributed by atoms with Crippen LogP contribution in [0, 0.1) is 11.8 Å². The van der Waals surface area contributed by atoms with Gasteiger partial charge in [0.2, 0.25) is 11.8 Å². The Morgan fingerprint density at radius 3 is 2.50 bits per heavy atom. The van der Waals surface area contributed by atoms with Gasteiger partial charge in [0.05, 0.1) is 5.69 Å². The predicted octanol–water partition coefficient (Wildman–Crippen LogP) is 3.19. The summed E-state index contributed by atoms with van der Waals surface area (Å²) in [5, 5.41) is 0. The molecule has 0 bridgehead atoms. The Kier molecular flexibility index (Phi) is 7.11. The molecule has 7 heteroatoms. The topological polar surface area (TPSA) is 86.4 Å². The molecule has 0 spiro atoms. The van der Waals surface area contributed by atoms with E-state index in [4.69, 9.17) is 4.98 Å². The van der Waals surface area contributed by atoms with Crippen molar-refractivity contribution in [2.24, 2.45) is 11.8 Å². The number of rotatable bonds is 4. The summed E-state index contributed by atoms with van der Waals surface area (Å²) >= 11 is 0. The van der Waals surface area contributed by atoms with Crippen molar-refractivity contribution < 1.29 is 9.59 Å². The summed E-state index contributed by atoms with van der Waals surface area (Å²) in [5.74, 6) is 1.56. The molecule has 3 heterocycles. The van der Waals surface area contributed by atoms with Crippen LogP contribution in [0.3, 0.4) is 0 Å². The van der Waals surface area contributed by atoms with E-state index in [0.717, 1.165) is 63.0 Å². The van der Waals surface area contributed by atoms with Crippen molar-refractivity contribution in [1.29, 1.82) is 0 Å². The number of piperidine rings is 2.